The Hall–Kier alpha value is -2.89. The molecule has 5 nitrogen and oxygen atoms in total. The third-order valence-electron chi connectivity index (χ3n) is 3.49. The molecule has 0 aliphatic carbocycles. The van der Waals surface area contributed by atoms with E-state index in [-0.39, 0.29) is 24.8 Å². The normalized spacial score (nSPS) is 10.3. The summed E-state index contributed by atoms with van der Waals surface area (Å²) in [7, 11) is 0. The molecule has 2 aromatic carbocycles. The zero-order valence-corrected chi connectivity index (χ0v) is 13.7. The van der Waals surface area contributed by atoms with Crippen LogP contribution >= 0.6 is 0 Å². The number of hydrogen-bond acceptors (Lipinski definition) is 3. The summed E-state index contributed by atoms with van der Waals surface area (Å²) in [5.41, 5.74) is 1.29. The molecule has 0 bridgehead atoms. The molecule has 0 fully saturated rings. The summed E-state index contributed by atoms with van der Waals surface area (Å²) >= 11 is 0. The molecule has 132 valence electrons. The average molecular weight is 345 g/mol. The Morgan fingerprint density at radius 1 is 1.08 bits per heavy atom. The third kappa shape index (κ3) is 6.63. The van der Waals surface area contributed by atoms with Gasteiger partial charge in [-0.25, -0.2) is 4.39 Å². The Labute approximate surface area is 145 Å². The Balaban J connectivity index is 1.83. The largest absolute Gasteiger partial charge is 0.489 e. The SMILES string of the molecule is O=C(O)CCCCNC(=O)c1cccc(COc2cccc(F)c2)c1. The fraction of sp³-hybridized carbons (Fsp3) is 0.263. The zero-order valence-electron chi connectivity index (χ0n) is 13.7. The topological polar surface area (TPSA) is 75.6 Å². The van der Waals surface area contributed by atoms with Crippen molar-refractivity contribution in [1.29, 1.82) is 0 Å². The van der Waals surface area contributed by atoms with E-state index in [0.29, 0.717) is 30.7 Å². The number of unbranched alkanes of at least 4 members (excludes halogenated alkanes) is 1. The first kappa shape index (κ1) is 18.4. The highest BCUT2D eigenvalue weighted by Gasteiger charge is 2.06. The quantitative estimate of drug-likeness (QED) is 0.683. The van der Waals surface area contributed by atoms with Gasteiger partial charge in [0, 0.05) is 24.6 Å². The van der Waals surface area contributed by atoms with Crippen LogP contribution < -0.4 is 10.1 Å². The third-order valence-corrected chi connectivity index (χ3v) is 3.49. The maximum Gasteiger partial charge on any atom is 0.303 e. The smallest absolute Gasteiger partial charge is 0.303 e. The van der Waals surface area contributed by atoms with Crippen molar-refractivity contribution in [3.63, 3.8) is 0 Å². The van der Waals surface area contributed by atoms with Gasteiger partial charge in [0.1, 0.15) is 18.2 Å². The van der Waals surface area contributed by atoms with Gasteiger partial charge >= 0.3 is 5.97 Å². The van der Waals surface area contributed by atoms with E-state index < -0.39 is 5.97 Å². The van der Waals surface area contributed by atoms with Gasteiger partial charge in [0.2, 0.25) is 0 Å². The molecule has 0 atom stereocenters. The molecule has 0 aliphatic heterocycles. The maximum atomic E-state index is 13.1. The van der Waals surface area contributed by atoms with Crippen LogP contribution in [-0.2, 0) is 11.4 Å². The van der Waals surface area contributed by atoms with Crippen molar-refractivity contribution in [2.24, 2.45) is 0 Å². The molecule has 0 aromatic heterocycles. The van der Waals surface area contributed by atoms with Crippen LogP contribution in [0, 0.1) is 5.82 Å². The first-order valence-electron chi connectivity index (χ1n) is 8.02. The van der Waals surface area contributed by atoms with Crippen molar-refractivity contribution in [3.8, 4) is 5.75 Å². The van der Waals surface area contributed by atoms with Gasteiger partial charge in [0.05, 0.1) is 0 Å². The van der Waals surface area contributed by atoms with Crippen molar-refractivity contribution < 1.29 is 23.8 Å². The molecule has 0 saturated heterocycles. The number of benzene rings is 2. The van der Waals surface area contributed by atoms with Crippen molar-refractivity contribution in [1.82, 2.24) is 5.32 Å². The Morgan fingerprint density at radius 2 is 1.88 bits per heavy atom. The molecule has 0 unspecified atom stereocenters. The van der Waals surface area contributed by atoms with Crippen LogP contribution in [-0.4, -0.2) is 23.5 Å². The molecule has 2 aromatic rings. The predicted octanol–water partition coefficient (Wildman–Crippen LogP) is 3.39. The number of halogens is 1. The van der Waals surface area contributed by atoms with Gasteiger partial charge in [-0.3, -0.25) is 9.59 Å². The Kier molecular flexibility index (Phi) is 6.95. The van der Waals surface area contributed by atoms with Crippen LogP contribution in [0.1, 0.15) is 35.2 Å². The number of aliphatic carboxylic acids is 1. The molecule has 6 heteroatoms. The first-order chi connectivity index (χ1) is 12.0. The molecular weight excluding hydrogens is 325 g/mol. The van der Waals surface area contributed by atoms with Gasteiger partial charge in [-0.05, 0) is 42.7 Å². The van der Waals surface area contributed by atoms with Crippen LogP contribution in [0.25, 0.3) is 0 Å². The van der Waals surface area contributed by atoms with Crippen LogP contribution in [0.2, 0.25) is 0 Å². The van der Waals surface area contributed by atoms with Crippen molar-refractivity contribution in [2.75, 3.05) is 6.54 Å². The van der Waals surface area contributed by atoms with Gasteiger partial charge in [-0.15, -0.1) is 0 Å². The van der Waals surface area contributed by atoms with E-state index in [9.17, 15) is 14.0 Å². The second-order valence-corrected chi connectivity index (χ2v) is 5.55. The van der Waals surface area contributed by atoms with Gasteiger partial charge in [0.25, 0.3) is 5.91 Å². The number of carboxylic acid groups (broad SMARTS) is 1. The van der Waals surface area contributed by atoms with E-state index in [0.717, 1.165) is 5.56 Å². The van der Waals surface area contributed by atoms with Crippen LogP contribution in [0.4, 0.5) is 4.39 Å². The number of nitrogens with one attached hydrogen (secondary N) is 1. The fourth-order valence-electron chi connectivity index (χ4n) is 2.23. The van der Waals surface area contributed by atoms with Crippen LogP contribution in [0.15, 0.2) is 48.5 Å². The number of rotatable bonds is 9. The molecule has 0 spiro atoms. The van der Waals surface area contributed by atoms with E-state index in [2.05, 4.69) is 5.32 Å². The lowest BCUT2D eigenvalue weighted by molar-refractivity contribution is -0.137. The predicted molar refractivity (Wildman–Crippen MR) is 91.0 cm³/mol. The van der Waals surface area contributed by atoms with Gasteiger partial charge in [-0.1, -0.05) is 18.2 Å². The van der Waals surface area contributed by atoms with Crippen LogP contribution in [0.3, 0.4) is 0 Å². The van der Waals surface area contributed by atoms with Crippen molar-refractivity contribution in [2.45, 2.75) is 25.9 Å². The molecule has 0 radical (unpaired) electrons. The molecule has 2 rings (SSSR count). The molecule has 0 saturated carbocycles. The first-order valence-corrected chi connectivity index (χ1v) is 8.02. The lowest BCUT2D eigenvalue weighted by Crippen LogP contribution is -2.24. The summed E-state index contributed by atoms with van der Waals surface area (Å²) in [5, 5.41) is 11.3. The summed E-state index contributed by atoms with van der Waals surface area (Å²) in [6.45, 7) is 0.652. The van der Waals surface area contributed by atoms with Crippen molar-refractivity contribution in [3.05, 3.63) is 65.5 Å². The minimum absolute atomic E-state index is 0.1000. The second kappa shape index (κ2) is 9.42. The number of hydrogen-bond donors (Lipinski definition) is 2. The monoisotopic (exact) mass is 345 g/mol. The summed E-state index contributed by atoms with van der Waals surface area (Å²) < 4.78 is 18.6. The second-order valence-electron chi connectivity index (χ2n) is 5.55. The van der Waals surface area contributed by atoms with Gasteiger partial charge in [-0.2, -0.15) is 0 Å². The molecule has 25 heavy (non-hydrogen) atoms. The van der Waals surface area contributed by atoms with E-state index in [1.807, 2.05) is 6.07 Å². The minimum Gasteiger partial charge on any atom is -0.489 e. The zero-order chi connectivity index (χ0) is 18.1. The lowest BCUT2D eigenvalue weighted by Gasteiger charge is -2.09. The van der Waals surface area contributed by atoms with E-state index in [1.165, 1.54) is 12.1 Å². The van der Waals surface area contributed by atoms with E-state index in [1.54, 1.807) is 30.3 Å². The molecule has 1 amide bonds. The summed E-state index contributed by atoms with van der Waals surface area (Å²) in [6.07, 6.45) is 1.24. The molecular formula is C19H20FNO4. The number of carbonyl (C=O) groups is 2. The summed E-state index contributed by atoms with van der Waals surface area (Å²) in [4.78, 5) is 22.5. The number of carbonyl (C=O) groups excluding carboxylic acids is 1. The summed E-state index contributed by atoms with van der Waals surface area (Å²) in [5.74, 6) is -0.998. The molecule has 2 N–H and O–H groups in total. The highest BCUT2D eigenvalue weighted by molar-refractivity contribution is 5.94. The number of carboxylic acids is 1. The summed E-state index contributed by atoms with van der Waals surface area (Å²) in [6, 6.07) is 12.9. The highest BCUT2D eigenvalue weighted by atomic mass is 19.1. The lowest BCUT2D eigenvalue weighted by atomic mass is 10.1. The highest BCUT2D eigenvalue weighted by Crippen LogP contribution is 2.15. The van der Waals surface area contributed by atoms with Gasteiger partial charge < -0.3 is 15.2 Å². The van der Waals surface area contributed by atoms with Crippen LogP contribution in [0.5, 0.6) is 5.75 Å². The van der Waals surface area contributed by atoms with Gasteiger partial charge in [0.15, 0.2) is 0 Å². The average Bonchev–Trinajstić information content (AvgIpc) is 2.59. The maximum absolute atomic E-state index is 13.1. The minimum atomic E-state index is -0.836. The Morgan fingerprint density at radius 3 is 2.64 bits per heavy atom. The molecule has 0 heterocycles. The van der Waals surface area contributed by atoms with E-state index >= 15 is 0 Å². The van der Waals surface area contributed by atoms with E-state index in [4.69, 9.17) is 9.84 Å². The standard InChI is InChI=1S/C19H20FNO4/c20-16-7-4-8-17(12-16)25-13-14-5-3-6-15(11-14)19(24)21-10-2-1-9-18(22)23/h3-8,11-12H,1-2,9-10,13H2,(H,21,24)(H,22,23). The Bertz CT molecular complexity index is 733. The van der Waals surface area contributed by atoms with Crippen molar-refractivity contribution >= 4 is 11.9 Å². The fourth-order valence-corrected chi connectivity index (χ4v) is 2.23. The number of amides is 1. The number of ether oxygens (including phenoxy) is 1. The molecule has 0 aliphatic rings.